The standard InChI is InChI=1S/C16H21N3/c1-4-17-16-12-14(10-11-18-16)19(5-2)15-9-7-6-8-13(15)3/h6-12H,4-5H2,1-3H3,(H,17,18). The Morgan fingerprint density at radius 1 is 1.16 bits per heavy atom. The molecular weight excluding hydrogens is 234 g/mol. The van der Waals surface area contributed by atoms with E-state index in [0.29, 0.717) is 0 Å². The Bertz CT molecular complexity index is 537. The van der Waals surface area contributed by atoms with E-state index in [0.717, 1.165) is 18.9 Å². The molecule has 0 spiro atoms. The van der Waals surface area contributed by atoms with Gasteiger partial charge in [-0.3, -0.25) is 0 Å². The van der Waals surface area contributed by atoms with E-state index in [4.69, 9.17) is 0 Å². The van der Waals surface area contributed by atoms with E-state index in [1.54, 1.807) is 0 Å². The smallest absolute Gasteiger partial charge is 0.127 e. The van der Waals surface area contributed by atoms with Crippen LogP contribution in [0.25, 0.3) is 0 Å². The predicted molar refractivity (Wildman–Crippen MR) is 82.3 cm³/mol. The minimum Gasteiger partial charge on any atom is -0.370 e. The van der Waals surface area contributed by atoms with Gasteiger partial charge < -0.3 is 10.2 Å². The summed E-state index contributed by atoms with van der Waals surface area (Å²) in [5.74, 6) is 0.923. The highest BCUT2D eigenvalue weighted by molar-refractivity contribution is 5.68. The minimum absolute atomic E-state index is 0.882. The van der Waals surface area contributed by atoms with Crippen LogP contribution in [0.5, 0.6) is 0 Å². The van der Waals surface area contributed by atoms with Crippen molar-refractivity contribution in [1.29, 1.82) is 0 Å². The zero-order chi connectivity index (χ0) is 13.7. The van der Waals surface area contributed by atoms with Crippen molar-refractivity contribution in [3.05, 3.63) is 48.2 Å². The predicted octanol–water partition coefficient (Wildman–Crippen LogP) is 3.98. The number of pyridine rings is 1. The van der Waals surface area contributed by atoms with Gasteiger partial charge in [-0.1, -0.05) is 18.2 Å². The first-order chi connectivity index (χ1) is 9.26. The Labute approximate surface area is 115 Å². The molecule has 0 bridgehead atoms. The van der Waals surface area contributed by atoms with Crippen molar-refractivity contribution < 1.29 is 0 Å². The number of nitrogens with one attached hydrogen (secondary N) is 1. The molecule has 0 saturated heterocycles. The number of nitrogens with zero attached hydrogens (tertiary/aromatic N) is 2. The van der Waals surface area contributed by atoms with E-state index in [1.807, 2.05) is 6.20 Å². The molecule has 0 amide bonds. The number of rotatable bonds is 5. The molecular formula is C16H21N3. The Balaban J connectivity index is 2.37. The number of anilines is 3. The van der Waals surface area contributed by atoms with Gasteiger partial charge in [0.25, 0.3) is 0 Å². The number of benzene rings is 1. The van der Waals surface area contributed by atoms with Crippen molar-refractivity contribution in [2.24, 2.45) is 0 Å². The van der Waals surface area contributed by atoms with Crippen molar-refractivity contribution in [2.45, 2.75) is 20.8 Å². The van der Waals surface area contributed by atoms with Crippen molar-refractivity contribution in [3.63, 3.8) is 0 Å². The third-order valence-corrected chi connectivity index (χ3v) is 3.14. The van der Waals surface area contributed by atoms with E-state index in [9.17, 15) is 0 Å². The summed E-state index contributed by atoms with van der Waals surface area (Å²) in [7, 11) is 0. The minimum atomic E-state index is 0.882. The van der Waals surface area contributed by atoms with Crippen molar-refractivity contribution in [2.75, 3.05) is 23.3 Å². The molecule has 0 fully saturated rings. The molecule has 3 nitrogen and oxygen atoms in total. The fraction of sp³-hybridized carbons (Fsp3) is 0.312. The lowest BCUT2D eigenvalue weighted by atomic mass is 10.1. The third kappa shape index (κ3) is 3.05. The summed E-state index contributed by atoms with van der Waals surface area (Å²) in [4.78, 5) is 6.63. The Morgan fingerprint density at radius 2 is 1.95 bits per heavy atom. The van der Waals surface area contributed by atoms with Crippen LogP contribution in [-0.4, -0.2) is 18.1 Å². The molecule has 0 unspecified atom stereocenters. The maximum atomic E-state index is 4.32. The van der Waals surface area contributed by atoms with Crippen LogP contribution >= 0.6 is 0 Å². The van der Waals surface area contributed by atoms with E-state index in [2.05, 4.69) is 72.4 Å². The van der Waals surface area contributed by atoms with Gasteiger partial charge in [0.05, 0.1) is 0 Å². The van der Waals surface area contributed by atoms with Crippen molar-refractivity contribution in [3.8, 4) is 0 Å². The highest BCUT2D eigenvalue weighted by Gasteiger charge is 2.09. The monoisotopic (exact) mass is 255 g/mol. The summed E-state index contributed by atoms with van der Waals surface area (Å²) < 4.78 is 0. The lowest BCUT2D eigenvalue weighted by Crippen LogP contribution is -2.17. The van der Waals surface area contributed by atoms with Crippen LogP contribution in [0.3, 0.4) is 0 Å². The fourth-order valence-corrected chi connectivity index (χ4v) is 2.22. The van der Waals surface area contributed by atoms with Crippen molar-refractivity contribution in [1.82, 2.24) is 4.98 Å². The van der Waals surface area contributed by atoms with Crippen LogP contribution in [0.1, 0.15) is 19.4 Å². The fourth-order valence-electron chi connectivity index (χ4n) is 2.22. The van der Waals surface area contributed by atoms with Crippen LogP contribution in [0, 0.1) is 6.92 Å². The zero-order valence-electron chi connectivity index (χ0n) is 11.9. The summed E-state index contributed by atoms with van der Waals surface area (Å²) in [5.41, 5.74) is 3.70. The highest BCUT2D eigenvalue weighted by Crippen LogP contribution is 2.28. The van der Waals surface area contributed by atoms with E-state index in [-0.39, 0.29) is 0 Å². The molecule has 0 radical (unpaired) electrons. The molecule has 0 saturated carbocycles. The largest absolute Gasteiger partial charge is 0.370 e. The Hall–Kier alpha value is -2.03. The average molecular weight is 255 g/mol. The third-order valence-electron chi connectivity index (χ3n) is 3.14. The van der Waals surface area contributed by atoms with Crippen molar-refractivity contribution >= 4 is 17.2 Å². The van der Waals surface area contributed by atoms with Gasteiger partial charge in [-0.15, -0.1) is 0 Å². The molecule has 2 rings (SSSR count). The summed E-state index contributed by atoms with van der Waals surface area (Å²) >= 11 is 0. The van der Waals surface area contributed by atoms with Gasteiger partial charge in [0.2, 0.25) is 0 Å². The number of aryl methyl sites for hydroxylation is 1. The number of aromatic nitrogens is 1. The quantitative estimate of drug-likeness (QED) is 0.876. The number of hydrogen-bond acceptors (Lipinski definition) is 3. The molecule has 2 aromatic rings. The lowest BCUT2D eigenvalue weighted by Gasteiger charge is -2.25. The van der Waals surface area contributed by atoms with E-state index < -0.39 is 0 Å². The molecule has 3 heteroatoms. The van der Waals surface area contributed by atoms with Gasteiger partial charge in [-0.2, -0.15) is 0 Å². The van der Waals surface area contributed by atoms with Gasteiger partial charge in [0.1, 0.15) is 5.82 Å². The molecule has 1 heterocycles. The molecule has 100 valence electrons. The second kappa shape index (κ2) is 6.23. The van der Waals surface area contributed by atoms with Crippen LogP contribution in [0.4, 0.5) is 17.2 Å². The van der Waals surface area contributed by atoms with Gasteiger partial charge in [0, 0.05) is 36.7 Å². The second-order valence-electron chi connectivity index (χ2n) is 4.46. The lowest BCUT2D eigenvalue weighted by molar-refractivity contribution is 1.01. The van der Waals surface area contributed by atoms with Crippen LogP contribution in [0.2, 0.25) is 0 Å². The normalized spacial score (nSPS) is 10.3. The van der Waals surface area contributed by atoms with Crippen LogP contribution in [0.15, 0.2) is 42.6 Å². The molecule has 1 aromatic carbocycles. The first-order valence-corrected chi connectivity index (χ1v) is 6.79. The summed E-state index contributed by atoms with van der Waals surface area (Å²) in [6.07, 6.45) is 1.86. The SMILES string of the molecule is CCNc1cc(N(CC)c2ccccc2C)ccn1. The molecule has 0 aliphatic heterocycles. The van der Waals surface area contributed by atoms with Gasteiger partial charge in [-0.25, -0.2) is 4.98 Å². The van der Waals surface area contributed by atoms with Gasteiger partial charge >= 0.3 is 0 Å². The average Bonchev–Trinajstić information content (AvgIpc) is 2.43. The second-order valence-corrected chi connectivity index (χ2v) is 4.46. The molecule has 0 aliphatic rings. The zero-order valence-corrected chi connectivity index (χ0v) is 11.9. The topological polar surface area (TPSA) is 28.2 Å². The van der Waals surface area contributed by atoms with Crippen LogP contribution in [-0.2, 0) is 0 Å². The maximum Gasteiger partial charge on any atom is 0.127 e. The van der Waals surface area contributed by atoms with Crippen LogP contribution < -0.4 is 10.2 Å². The molecule has 19 heavy (non-hydrogen) atoms. The first kappa shape index (κ1) is 13.4. The molecule has 0 aliphatic carbocycles. The highest BCUT2D eigenvalue weighted by atomic mass is 15.1. The first-order valence-electron chi connectivity index (χ1n) is 6.79. The molecule has 0 atom stereocenters. The van der Waals surface area contributed by atoms with E-state index >= 15 is 0 Å². The number of para-hydroxylation sites is 1. The summed E-state index contributed by atoms with van der Waals surface area (Å²) in [5, 5.41) is 3.26. The molecule has 1 N–H and O–H groups in total. The summed E-state index contributed by atoms with van der Waals surface area (Å²) in [6, 6.07) is 12.6. The molecule has 1 aromatic heterocycles. The Morgan fingerprint density at radius 3 is 2.63 bits per heavy atom. The van der Waals surface area contributed by atoms with Gasteiger partial charge in [-0.05, 0) is 38.5 Å². The number of hydrogen-bond donors (Lipinski definition) is 1. The summed E-state index contributed by atoms with van der Waals surface area (Å²) in [6.45, 7) is 8.20. The van der Waals surface area contributed by atoms with Gasteiger partial charge in [0.15, 0.2) is 0 Å². The Kier molecular flexibility index (Phi) is 4.39. The van der Waals surface area contributed by atoms with E-state index in [1.165, 1.54) is 16.9 Å². The maximum absolute atomic E-state index is 4.32.